The van der Waals surface area contributed by atoms with Gasteiger partial charge in [0.25, 0.3) is 5.91 Å². The van der Waals surface area contributed by atoms with Crippen molar-refractivity contribution < 1.29 is 22.8 Å². The minimum absolute atomic E-state index is 0.0208. The maximum atomic E-state index is 12.9. The van der Waals surface area contributed by atoms with E-state index in [0.29, 0.717) is 31.9 Å². The van der Waals surface area contributed by atoms with Gasteiger partial charge in [0.2, 0.25) is 5.91 Å². The van der Waals surface area contributed by atoms with Gasteiger partial charge in [-0.3, -0.25) is 19.4 Å². The second-order valence-electron chi connectivity index (χ2n) is 12.5. The Labute approximate surface area is 261 Å². The smallest absolute Gasteiger partial charge is 0.346 e. The number of anilines is 1. The Balaban J connectivity index is 0.976. The maximum Gasteiger partial charge on any atom is 0.434 e. The lowest BCUT2D eigenvalue weighted by Crippen LogP contribution is -2.72. The fourth-order valence-electron chi connectivity index (χ4n) is 6.90. The van der Waals surface area contributed by atoms with Crippen molar-refractivity contribution >= 4 is 45.6 Å². The largest absolute Gasteiger partial charge is 0.434 e. The van der Waals surface area contributed by atoms with E-state index in [0.717, 1.165) is 85.1 Å². The Morgan fingerprint density at radius 3 is 2.58 bits per heavy atom. The van der Waals surface area contributed by atoms with Crippen LogP contribution in [0.15, 0.2) is 29.8 Å². The van der Waals surface area contributed by atoms with Crippen LogP contribution in [0.1, 0.15) is 59.6 Å². The number of amides is 2. The van der Waals surface area contributed by atoms with Gasteiger partial charge in [0.05, 0.1) is 18.0 Å². The molecule has 2 amide bonds. The van der Waals surface area contributed by atoms with Crippen LogP contribution >= 0.6 is 11.3 Å². The number of rotatable bonds is 7. The van der Waals surface area contributed by atoms with E-state index in [1.807, 2.05) is 18.3 Å². The summed E-state index contributed by atoms with van der Waals surface area (Å²) in [6.07, 6.45) is 4.05. The number of piperidine rings is 1. The molecule has 0 atom stereocenters. The number of pyridine rings is 1. The predicted molar refractivity (Wildman–Crippen MR) is 162 cm³/mol. The molecule has 3 fully saturated rings. The quantitative estimate of drug-likeness (QED) is 0.383. The third-order valence-electron chi connectivity index (χ3n) is 9.60. The third kappa shape index (κ3) is 5.84. The van der Waals surface area contributed by atoms with Crippen LogP contribution < -0.4 is 5.32 Å². The maximum absolute atomic E-state index is 12.9. The second-order valence-corrected chi connectivity index (χ2v) is 13.4. The molecule has 7 rings (SSSR count). The van der Waals surface area contributed by atoms with Crippen LogP contribution in [0.5, 0.6) is 0 Å². The van der Waals surface area contributed by atoms with Crippen molar-refractivity contribution in [1.82, 2.24) is 29.7 Å². The van der Waals surface area contributed by atoms with Crippen LogP contribution in [-0.2, 0) is 11.0 Å². The highest BCUT2D eigenvalue weighted by Crippen LogP contribution is 2.39. The molecule has 0 bridgehead atoms. The van der Waals surface area contributed by atoms with Crippen LogP contribution in [-0.4, -0.2) is 92.3 Å². The number of fused-ring (bicyclic) bond motifs is 1. The molecule has 2 N–H and O–H groups in total. The molecule has 0 spiro atoms. The molecule has 0 unspecified atom stereocenters. The molecule has 14 heteroatoms. The number of thiazole rings is 1. The molecule has 3 aromatic rings. The van der Waals surface area contributed by atoms with Crippen molar-refractivity contribution in [3.8, 4) is 6.07 Å². The zero-order chi connectivity index (χ0) is 31.3. The normalized spacial score (nSPS) is 21.3. The first-order chi connectivity index (χ1) is 21.6. The average Bonchev–Trinajstić information content (AvgIpc) is 3.54. The summed E-state index contributed by atoms with van der Waals surface area (Å²) < 4.78 is 38.8. The van der Waals surface area contributed by atoms with Gasteiger partial charge in [0.15, 0.2) is 10.7 Å². The van der Waals surface area contributed by atoms with Gasteiger partial charge < -0.3 is 15.2 Å². The number of hydrogen-bond acceptors (Lipinski definition) is 8. The lowest BCUT2D eigenvalue weighted by Gasteiger charge is -2.58. The molecular formula is C31H33F3N8O2S. The van der Waals surface area contributed by atoms with Crippen molar-refractivity contribution in [2.75, 3.05) is 44.6 Å². The Kier molecular flexibility index (Phi) is 7.66. The van der Waals surface area contributed by atoms with Crippen molar-refractivity contribution in [2.24, 2.45) is 5.92 Å². The van der Waals surface area contributed by atoms with E-state index in [9.17, 15) is 28.0 Å². The van der Waals surface area contributed by atoms with Crippen molar-refractivity contribution in [1.29, 1.82) is 5.26 Å². The highest BCUT2D eigenvalue weighted by atomic mass is 32.1. The Morgan fingerprint density at radius 2 is 1.93 bits per heavy atom. The van der Waals surface area contributed by atoms with E-state index in [2.05, 4.69) is 42.2 Å². The summed E-state index contributed by atoms with van der Waals surface area (Å²) in [5, 5.41) is 14.5. The summed E-state index contributed by atoms with van der Waals surface area (Å²) in [7, 11) is 0. The number of likely N-dealkylation sites (tertiary alicyclic amines) is 2. The molecule has 45 heavy (non-hydrogen) atoms. The van der Waals surface area contributed by atoms with E-state index in [1.165, 1.54) is 5.57 Å². The van der Waals surface area contributed by atoms with Gasteiger partial charge in [-0.05, 0) is 55.4 Å². The first-order valence-electron chi connectivity index (χ1n) is 15.3. The zero-order valence-electron chi connectivity index (χ0n) is 24.6. The second kappa shape index (κ2) is 11.5. The fraction of sp³-hybridized carbons (Fsp3) is 0.516. The topological polar surface area (TPSA) is 121 Å². The van der Waals surface area contributed by atoms with Crippen LogP contribution in [0.25, 0.3) is 16.6 Å². The third-order valence-corrected chi connectivity index (χ3v) is 10.4. The van der Waals surface area contributed by atoms with Gasteiger partial charge in [-0.15, -0.1) is 11.3 Å². The van der Waals surface area contributed by atoms with E-state index in [4.69, 9.17) is 0 Å². The molecule has 0 radical (unpaired) electrons. The monoisotopic (exact) mass is 638 g/mol. The van der Waals surface area contributed by atoms with Crippen molar-refractivity contribution in [3.63, 3.8) is 0 Å². The number of nitrogens with one attached hydrogen (secondary N) is 2. The molecule has 1 saturated carbocycles. The minimum atomic E-state index is -4.56. The highest BCUT2D eigenvalue weighted by molar-refractivity contribution is 7.11. The summed E-state index contributed by atoms with van der Waals surface area (Å²) in [5.41, 5.74) is 1.72. The summed E-state index contributed by atoms with van der Waals surface area (Å²) in [5.74, 6) is 0.216. The number of aromatic amines is 1. The van der Waals surface area contributed by atoms with Gasteiger partial charge in [-0.1, -0.05) is 6.08 Å². The molecule has 1 aliphatic carbocycles. The lowest BCUT2D eigenvalue weighted by atomic mass is 9.80. The first kappa shape index (κ1) is 29.9. The molecular weight excluding hydrogens is 605 g/mol. The number of nitriles is 1. The van der Waals surface area contributed by atoms with Gasteiger partial charge in [0.1, 0.15) is 11.5 Å². The number of H-pyrrole nitrogens is 1. The molecule has 3 aromatic heterocycles. The average molecular weight is 639 g/mol. The molecule has 4 aliphatic rings. The van der Waals surface area contributed by atoms with Crippen LogP contribution in [0, 0.1) is 17.2 Å². The molecule has 0 aromatic carbocycles. The standard InChI is InChI=1S/C31H33F3N8O2S/c32-31(33,34)24-16-45-28(37-24)29(44)40-11-6-21(7-12-40)41-17-30(18-41,8-9-35)42-13-4-19(5-14-42)23-15-25(39-27(43)20-1-2-20)38-26-22(23)3-10-36-26/h3-4,10,15-16,20-21H,1-2,5-8,11-14,17-18H2,(H2,36,38,39,43). The Morgan fingerprint density at radius 1 is 1.16 bits per heavy atom. The Hall–Kier alpha value is -3.80. The molecule has 236 valence electrons. The van der Waals surface area contributed by atoms with Crippen LogP contribution in [0.4, 0.5) is 19.0 Å². The first-order valence-corrected chi connectivity index (χ1v) is 16.2. The molecule has 6 heterocycles. The van der Waals surface area contributed by atoms with Gasteiger partial charge >= 0.3 is 6.18 Å². The number of nitrogens with zero attached hydrogens (tertiary/aromatic N) is 6. The number of carbonyl (C=O) groups is 2. The summed E-state index contributed by atoms with van der Waals surface area (Å²) in [6, 6.07) is 6.63. The minimum Gasteiger partial charge on any atom is -0.346 e. The highest BCUT2D eigenvalue weighted by Gasteiger charge is 2.50. The molecule has 2 saturated heterocycles. The summed E-state index contributed by atoms with van der Waals surface area (Å²) >= 11 is 0.733. The number of hydrogen-bond donors (Lipinski definition) is 2. The molecule has 10 nitrogen and oxygen atoms in total. The van der Waals surface area contributed by atoms with Crippen molar-refractivity contribution in [3.05, 3.63) is 46.1 Å². The fourth-order valence-corrected chi connectivity index (χ4v) is 7.69. The summed E-state index contributed by atoms with van der Waals surface area (Å²) in [4.78, 5) is 42.9. The van der Waals surface area contributed by atoms with Crippen molar-refractivity contribution in [2.45, 2.75) is 56.3 Å². The van der Waals surface area contributed by atoms with Gasteiger partial charge in [0, 0.05) is 68.2 Å². The van der Waals surface area contributed by atoms with Gasteiger partial charge in [-0.2, -0.15) is 18.4 Å². The van der Waals surface area contributed by atoms with Crippen LogP contribution in [0.3, 0.4) is 0 Å². The number of alkyl halides is 3. The number of aromatic nitrogens is 3. The SMILES string of the molecule is N#CCC1(N2CC=C(c3cc(NC(=O)C4CC4)nc4[nH]ccc34)CC2)CN(C2CCN(C(=O)c3nc(C(F)(F)F)cs3)CC2)C1. The number of halogens is 3. The predicted octanol–water partition coefficient (Wildman–Crippen LogP) is 4.75. The van der Waals surface area contributed by atoms with E-state index in [1.54, 1.807) is 4.90 Å². The lowest BCUT2D eigenvalue weighted by molar-refractivity contribution is -0.140. The Bertz CT molecular complexity index is 1690. The van der Waals surface area contributed by atoms with E-state index < -0.39 is 17.8 Å². The van der Waals surface area contributed by atoms with Crippen LogP contribution in [0.2, 0.25) is 0 Å². The van der Waals surface area contributed by atoms with Gasteiger partial charge in [-0.25, -0.2) is 9.97 Å². The van der Waals surface area contributed by atoms with E-state index >= 15 is 0 Å². The van der Waals surface area contributed by atoms with E-state index in [-0.39, 0.29) is 28.4 Å². The molecule has 3 aliphatic heterocycles. The number of carbonyl (C=O) groups excluding carboxylic acids is 2. The summed E-state index contributed by atoms with van der Waals surface area (Å²) in [6.45, 7) is 3.97. The zero-order valence-corrected chi connectivity index (χ0v) is 25.4.